The molecule has 1 amide bonds. The minimum atomic E-state index is -0.452. The summed E-state index contributed by atoms with van der Waals surface area (Å²) in [6.07, 6.45) is 0.530. The van der Waals surface area contributed by atoms with Gasteiger partial charge in [0.2, 0.25) is 0 Å². The Hall–Kier alpha value is -3.70. The molecule has 2 N–H and O–H groups in total. The third kappa shape index (κ3) is 4.15. The van der Waals surface area contributed by atoms with Gasteiger partial charge in [-0.25, -0.2) is 4.98 Å². The van der Waals surface area contributed by atoms with Crippen molar-refractivity contribution in [2.45, 2.75) is 20.3 Å². The number of fused-ring (bicyclic) bond motifs is 1. The number of aromatic nitrogens is 1. The molecule has 5 nitrogen and oxygen atoms in total. The van der Waals surface area contributed by atoms with Crippen molar-refractivity contribution < 1.29 is 9.53 Å². The van der Waals surface area contributed by atoms with E-state index in [1.54, 1.807) is 0 Å². The first-order valence-electron chi connectivity index (χ1n) is 11.7. The predicted octanol–water partition coefficient (Wildman–Crippen LogP) is 5.04. The summed E-state index contributed by atoms with van der Waals surface area (Å²) in [5.74, 6) is 0.409. The molecule has 0 unspecified atom stereocenters. The second-order valence-electron chi connectivity index (χ2n) is 8.89. The molecule has 0 bridgehead atoms. The topological polar surface area (TPSA) is 68.4 Å². The van der Waals surface area contributed by atoms with E-state index in [1.165, 1.54) is 21.9 Å². The average molecular weight is 452 g/mol. The molecule has 5 rings (SSSR count). The maximum atomic E-state index is 12.9. The lowest BCUT2D eigenvalue weighted by atomic mass is 9.90. The lowest BCUT2D eigenvalue weighted by Gasteiger charge is -2.29. The van der Waals surface area contributed by atoms with Crippen LogP contribution >= 0.6 is 0 Å². The number of carbonyl (C=O) groups excluding carboxylic acids is 1. The number of ether oxygens (including phenoxy) is 1. The van der Waals surface area contributed by atoms with Gasteiger partial charge < -0.3 is 15.4 Å². The van der Waals surface area contributed by atoms with Crippen LogP contribution in [0.3, 0.4) is 0 Å². The first kappa shape index (κ1) is 22.1. The van der Waals surface area contributed by atoms with E-state index in [0.717, 1.165) is 35.6 Å². The molecule has 172 valence electrons. The van der Waals surface area contributed by atoms with Crippen molar-refractivity contribution in [3.63, 3.8) is 0 Å². The number of anilines is 1. The molecule has 0 spiro atoms. The van der Waals surface area contributed by atoms with Crippen molar-refractivity contribution in [3.8, 4) is 11.1 Å². The molecule has 2 heterocycles. The quantitative estimate of drug-likeness (QED) is 0.461. The van der Waals surface area contributed by atoms with E-state index in [1.807, 2.05) is 30.3 Å². The van der Waals surface area contributed by atoms with Crippen molar-refractivity contribution >= 4 is 22.5 Å². The van der Waals surface area contributed by atoms with Gasteiger partial charge in [-0.3, -0.25) is 4.79 Å². The highest BCUT2D eigenvalue weighted by Crippen LogP contribution is 2.34. The summed E-state index contributed by atoms with van der Waals surface area (Å²) in [7, 11) is 0. The lowest BCUT2D eigenvalue weighted by Crippen LogP contribution is -2.37. The molecule has 4 aromatic rings. The Labute approximate surface area is 200 Å². The molecule has 1 fully saturated rings. The molecule has 1 aliphatic rings. The van der Waals surface area contributed by atoms with Crippen molar-refractivity contribution in [2.24, 2.45) is 5.73 Å². The lowest BCUT2D eigenvalue weighted by molar-refractivity contribution is 0.0999. The number of benzene rings is 3. The van der Waals surface area contributed by atoms with Gasteiger partial charge in [-0.1, -0.05) is 60.7 Å². The van der Waals surface area contributed by atoms with Gasteiger partial charge in [0.1, 0.15) is 5.82 Å². The molecule has 34 heavy (non-hydrogen) atoms. The number of carbonyl (C=O) groups is 1. The fraction of sp³-hybridized carbons (Fsp3) is 0.241. The normalized spacial score (nSPS) is 13.9. The van der Waals surface area contributed by atoms with Crippen LogP contribution in [0.5, 0.6) is 0 Å². The number of aryl methyl sites for hydroxylation is 2. The zero-order chi connectivity index (χ0) is 23.7. The molecule has 1 saturated heterocycles. The summed E-state index contributed by atoms with van der Waals surface area (Å²) in [6, 6.07) is 22.8. The van der Waals surface area contributed by atoms with Crippen LogP contribution in [0.1, 0.15) is 32.7 Å². The fourth-order valence-electron chi connectivity index (χ4n) is 4.88. The number of rotatable bonds is 5. The number of morpholine rings is 1. The number of hydrogen-bond donors (Lipinski definition) is 1. The maximum Gasteiger partial charge on any atom is 0.251 e. The molecule has 3 aromatic carbocycles. The second kappa shape index (κ2) is 9.27. The standard InChI is InChI=1S/C29H29N3O2/c1-19-7-3-5-9-22(19)25-18-27(32-13-15-34-16-14-32)31-26(28(25)29(30)33)17-24-20(2)11-12-21-8-4-6-10-23(21)24/h3-12,18H,13-17H2,1-2H3,(H2,30,33). The summed E-state index contributed by atoms with van der Waals surface area (Å²) < 4.78 is 5.56. The zero-order valence-corrected chi connectivity index (χ0v) is 19.7. The number of nitrogens with zero attached hydrogens (tertiary/aromatic N) is 2. The number of pyridine rings is 1. The number of hydrogen-bond acceptors (Lipinski definition) is 4. The van der Waals surface area contributed by atoms with Gasteiger partial charge in [0.15, 0.2) is 0 Å². The van der Waals surface area contributed by atoms with Crippen LogP contribution in [0.2, 0.25) is 0 Å². The molecule has 5 heteroatoms. The second-order valence-corrected chi connectivity index (χ2v) is 8.89. The van der Waals surface area contributed by atoms with Gasteiger partial charge in [-0.05, 0) is 52.9 Å². The van der Waals surface area contributed by atoms with Gasteiger partial charge in [0.25, 0.3) is 5.91 Å². The van der Waals surface area contributed by atoms with Crippen LogP contribution in [0.25, 0.3) is 21.9 Å². The molecular weight excluding hydrogens is 422 g/mol. The van der Waals surface area contributed by atoms with Crippen molar-refractivity contribution in [2.75, 3.05) is 31.2 Å². The van der Waals surface area contributed by atoms with Crippen LogP contribution in [0.4, 0.5) is 5.82 Å². The summed E-state index contributed by atoms with van der Waals surface area (Å²) in [4.78, 5) is 20.2. The van der Waals surface area contributed by atoms with Gasteiger partial charge in [0, 0.05) is 25.1 Å². The smallest absolute Gasteiger partial charge is 0.251 e. The third-order valence-electron chi connectivity index (χ3n) is 6.72. The largest absolute Gasteiger partial charge is 0.378 e. The molecule has 0 radical (unpaired) electrons. The van der Waals surface area contributed by atoms with E-state index in [-0.39, 0.29) is 0 Å². The molecule has 0 aliphatic carbocycles. The number of amides is 1. The molecule has 1 aliphatic heterocycles. The Kier molecular flexibility index (Phi) is 6.03. The highest BCUT2D eigenvalue weighted by molar-refractivity contribution is 6.02. The molecular formula is C29H29N3O2. The van der Waals surface area contributed by atoms with Crippen LogP contribution in [0, 0.1) is 13.8 Å². The number of nitrogens with two attached hydrogens (primary N) is 1. The Balaban J connectivity index is 1.74. The van der Waals surface area contributed by atoms with Crippen molar-refractivity contribution in [1.82, 2.24) is 4.98 Å². The van der Waals surface area contributed by atoms with E-state index in [0.29, 0.717) is 30.9 Å². The van der Waals surface area contributed by atoms with E-state index in [9.17, 15) is 4.79 Å². The summed E-state index contributed by atoms with van der Waals surface area (Å²) >= 11 is 0. The van der Waals surface area contributed by atoms with Crippen molar-refractivity contribution in [3.05, 3.63) is 94.7 Å². The van der Waals surface area contributed by atoms with Gasteiger partial charge in [-0.15, -0.1) is 0 Å². The van der Waals surface area contributed by atoms with Crippen LogP contribution in [0.15, 0.2) is 66.7 Å². The molecule has 0 saturated carbocycles. The Morgan fingerprint density at radius 1 is 0.941 bits per heavy atom. The first-order chi connectivity index (χ1) is 16.5. The first-order valence-corrected chi connectivity index (χ1v) is 11.7. The van der Waals surface area contributed by atoms with E-state index < -0.39 is 5.91 Å². The fourth-order valence-corrected chi connectivity index (χ4v) is 4.88. The average Bonchev–Trinajstić information content (AvgIpc) is 2.86. The van der Waals surface area contributed by atoms with E-state index >= 15 is 0 Å². The van der Waals surface area contributed by atoms with Gasteiger partial charge in [-0.2, -0.15) is 0 Å². The maximum absolute atomic E-state index is 12.9. The zero-order valence-electron chi connectivity index (χ0n) is 19.7. The SMILES string of the molecule is Cc1ccccc1-c1cc(N2CCOCC2)nc(Cc2c(C)ccc3ccccc23)c1C(N)=O. The van der Waals surface area contributed by atoms with Crippen LogP contribution < -0.4 is 10.6 Å². The Bertz CT molecular complexity index is 1370. The Morgan fingerprint density at radius 3 is 2.44 bits per heavy atom. The third-order valence-corrected chi connectivity index (χ3v) is 6.72. The monoisotopic (exact) mass is 451 g/mol. The summed E-state index contributed by atoms with van der Waals surface area (Å²) in [5, 5.41) is 2.35. The van der Waals surface area contributed by atoms with E-state index in [4.69, 9.17) is 15.5 Å². The van der Waals surface area contributed by atoms with E-state index in [2.05, 4.69) is 55.1 Å². The minimum absolute atomic E-state index is 0.452. The molecule has 0 atom stereocenters. The minimum Gasteiger partial charge on any atom is -0.378 e. The predicted molar refractivity (Wildman–Crippen MR) is 137 cm³/mol. The highest BCUT2D eigenvalue weighted by atomic mass is 16.5. The van der Waals surface area contributed by atoms with Crippen LogP contribution in [-0.4, -0.2) is 37.2 Å². The van der Waals surface area contributed by atoms with Gasteiger partial charge in [0.05, 0.1) is 24.5 Å². The summed E-state index contributed by atoms with van der Waals surface area (Å²) in [5.41, 5.74) is 12.5. The number of primary amides is 1. The molecule has 1 aromatic heterocycles. The van der Waals surface area contributed by atoms with Gasteiger partial charge >= 0.3 is 0 Å². The van der Waals surface area contributed by atoms with Crippen LogP contribution in [-0.2, 0) is 11.2 Å². The highest BCUT2D eigenvalue weighted by Gasteiger charge is 2.23. The summed E-state index contributed by atoms with van der Waals surface area (Å²) in [6.45, 7) is 7.03. The Morgan fingerprint density at radius 2 is 1.68 bits per heavy atom. The van der Waals surface area contributed by atoms with Crippen molar-refractivity contribution in [1.29, 1.82) is 0 Å².